The van der Waals surface area contributed by atoms with Crippen molar-refractivity contribution in [1.29, 1.82) is 0 Å². The molecule has 1 aliphatic heterocycles. The van der Waals surface area contributed by atoms with Crippen molar-refractivity contribution in [2.45, 2.75) is 27.4 Å². The lowest BCUT2D eigenvalue weighted by Crippen LogP contribution is -2.28. The van der Waals surface area contributed by atoms with E-state index in [0.29, 0.717) is 47.0 Å². The molecule has 0 aromatic heterocycles. The quantitative estimate of drug-likeness (QED) is 0.267. The summed E-state index contributed by atoms with van der Waals surface area (Å²) < 4.78 is 12.7. The maximum Gasteiger partial charge on any atom is 0.335 e. The van der Waals surface area contributed by atoms with Gasteiger partial charge in [-0.2, -0.15) is 0 Å². The summed E-state index contributed by atoms with van der Waals surface area (Å²) in [5, 5.41) is 9.65. The zero-order chi connectivity index (χ0) is 27.2. The molecule has 4 rings (SSSR count). The van der Waals surface area contributed by atoms with Crippen LogP contribution in [0.15, 0.2) is 75.0 Å². The van der Waals surface area contributed by atoms with Gasteiger partial charge in [0.25, 0.3) is 5.91 Å². The molecule has 0 spiro atoms. The number of hydrogen-bond donors (Lipinski definition) is 1. The van der Waals surface area contributed by atoms with Crippen molar-refractivity contribution < 1.29 is 24.2 Å². The second kappa shape index (κ2) is 12.3. The summed E-state index contributed by atoms with van der Waals surface area (Å²) in [5.41, 5.74) is 3.77. The van der Waals surface area contributed by atoms with E-state index in [1.54, 1.807) is 17.0 Å². The van der Waals surface area contributed by atoms with Crippen LogP contribution < -0.4 is 9.47 Å². The Kier molecular flexibility index (Phi) is 8.91. The molecule has 3 aromatic rings. The number of carboxylic acid groups (broad SMARTS) is 1. The lowest BCUT2D eigenvalue weighted by molar-refractivity contribution is -0.122. The van der Waals surface area contributed by atoms with E-state index in [9.17, 15) is 9.59 Å². The summed E-state index contributed by atoms with van der Waals surface area (Å²) in [7, 11) is 0. The fourth-order valence-electron chi connectivity index (χ4n) is 3.72. The van der Waals surface area contributed by atoms with Gasteiger partial charge < -0.3 is 14.6 Å². The summed E-state index contributed by atoms with van der Waals surface area (Å²) in [6.07, 6.45) is 1.81. The van der Waals surface area contributed by atoms with E-state index < -0.39 is 5.97 Å². The molecule has 1 heterocycles. The van der Waals surface area contributed by atoms with Crippen LogP contribution >= 0.6 is 27.7 Å². The smallest absolute Gasteiger partial charge is 0.335 e. The standard InChI is InChI=1S/C29H27BrN2O5S/c1-4-32-27(33)25(38-29(32)31-22-12-10-21(11-13-22)28(34)35)16-20-14-23(30)26(24(15-20)36-5-2)37-17-19-8-6-18(3)7-9-19/h6-16H,4-5,17H2,1-3H3,(H,34,35)/b25-16-,31-29?. The van der Waals surface area contributed by atoms with Crippen LogP contribution in [0.1, 0.15) is 40.9 Å². The number of benzene rings is 3. The van der Waals surface area contributed by atoms with Gasteiger partial charge in [-0.25, -0.2) is 9.79 Å². The molecule has 7 nitrogen and oxygen atoms in total. The van der Waals surface area contributed by atoms with E-state index in [1.165, 1.54) is 29.5 Å². The number of aliphatic imine (C=N–C) groups is 1. The number of ether oxygens (including phenoxy) is 2. The Morgan fingerprint density at radius 1 is 1.08 bits per heavy atom. The van der Waals surface area contributed by atoms with Crippen LogP contribution in [-0.2, 0) is 11.4 Å². The van der Waals surface area contributed by atoms with Crippen molar-refractivity contribution in [3.63, 3.8) is 0 Å². The predicted octanol–water partition coefficient (Wildman–Crippen LogP) is 7.06. The average molecular weight is 596 g/mol. The molecule has 1 fully saturated rings. The highest BCUT2D eigenvalue weighted by molar-refractivity contribution is 9.10. The zero-order valence-electron chi connectivity index (χ0n) is 21.2. The number of carbonyl (C=O) groups excluding carboxylic acids is 1. The number of carbonyl (C=O) groups is 2. The van der Waals surface area contributed by atoms with Crippen LogP contribution in [0.3, 0.4) is 0 Å². The zero-order valence-corrected chi connectivity index (χ0v) is 23.6. The second-order valence-electron chi connectivity index (χ2n) is 8.44. The number of likely N-dealkylation sites (N-methyl/N-ethyl adjacent to an activating group) is 1. The first-order valence-corrected chi connectivity index (χ1v) is 13.7. The highest BCUT2D eigenvalue weighted by Gasteiger charge is 2.32. The topological polar surface area (TPSA) is 88.4 Å². The molecular formula is C29H27BrN2O5S. The van der Waals surface area contributed by atoms with Gasteiger partial charge in [-0.3, -0.25) is 9.69 Å². The van der Waals surface area contributed by atoms with Gasteiger partial charge in [0.1, 0.15) is 6.61 Å². The molecule has 1 amide bonds. The lowest BCUT2D eigenvalue weighted by atomic mass is 10.1. The number of aromatic carboxylic acids is 1. The Labute approximate surface area is 234 Å². The summed E-state index contributed by atoms with van der Waals surface area (Å²) in [4.78, 5) is 31.0. The number of nitrogens with zero attached hydrogens (tertiary/aromatic N) is 2. The van der Waals surface area contributed by atoms with Crippen LogP contribution in [-0.4, -0.2) is 40.2 Å². The van der Waals surface area contributed by atoms with Crippen LogP contribution in [0.4, 0.5) is 5.69 Å². The summed E-state index contributed by atoms with van der Waals surface area (Å²) >= 11 is 4.89. The van der Waals surface area contributed by atoms with Crippen LogP contribution in [0.25, 0.3) is 6.08 Å². The molecule has 38 heavy (non-hydrogen) atoms. The molecule has 196 valence electrons. The van der Waals surface area contributed by atoms with Gasteiger partial charge in [0, 0.05) is 6.54 Å². The monoisotopic (exact) mass is 594 g/mol. The summed E-state index contributed by atoms with van der Waals surface area (Å²) in [5.74, 6) is 0.0321. The molecule has 1 saturated heterocycles. The van der Waals surface area contributed by atoms with Crippen molar-refractivity contribution >= 4 is 56.5 Å². The van der Waals surface area contributed by atoms with E-state index in [4.69, 9.17) is 14.6 Å². The minimum atomic E-state index is -1.00. The second-order valence-corrected chi connectivity index (χ2v) is 10.3. The number of carboxylic acids is 1. The van der Waals surface area contributed by atoms with E-state index in [1.807, 2.05) is 63.2 Å². The molecule has 0 saturated carbocycles. The molecule has 0 bridgehead atoms. The first kappa shape index (κ1) is 27.5. The molecule has 0 radical (unpaired) electrons. The van der Waals surface area contributed by atoms with Crippen molar-refractivity contribution in [2.75, 3.05) is 13.2 Å². The molecule has 0 atom stereocenters. The Hall–Kier alpha value is -3.56. The molecule has 0 aliphatic carbocycles. The first-order valence-electron chi connectivity index (χ1n) is 12.1. The third-order valence-corrected chi connectivity index (χ3v) is 7.27. The van der Waals surface area contributed by atoms with Gasteiger partial charge in [0.05, 0.1) is 27.2 Å². The number of thioether (sulfide) groups is 1. The predicted molar refractivity (Wildman–Crippen MR) is 154 cm³/mol. The number of aryl methyl sites for hydroxylation is 1. The van der Waals surface area contributed by atoms with Gasteiger partial charge in [-0.05, 0) is 102 Å². The van der Waals surface area contributed by atoms with Gasteiger partial charge in [-0.15, -0.1) is 0 Å². The fraction of sp³-hybridized carbons (Fsp3) is 0.207. The maximum atomic E-state index is 13.1. The molecule has 0 unspecified atom stereocenters. The number of rotatable bonds is 9. The van der Waals surface area contributed by atoms with Gasteiger partial charge in [-0.1, -0.05) is 29.8 Å². The van der Waals surface area contributed by atoms with Crippen molar-refractivity contribution in [1.82, 2.24) is 4.90 Å². The molecule has 1 aliphatic rings. The molecule has 1 N–H and O–H groups in total. The van der Waals surface area contributed by atoms with Crippen LogP contribution in [0.2, 0.25) is 0 Å². The van der Waals surface area contributed by atoms with Crippen molar-refractivity contribution in [2.24, 2.45) is 4.99 Å². The number of halogens is 1. The minimum Gasteiger partial charge on any atom is -0.490 e. The third-order valence-electron chi connectivity index (χ3n) is 5.68. The molecule has 9 heteroatoms. The highest BCUT2D eigenvalue weighted by atomic mass is 79.9. The SMILES string of the molecule is CCOc1cc(/C=C2\SC(=Nc3ccc(C(=O)O)cc3)N(CC)C2=O)cc(Br)c1OCc1ccc(C)cc1. The minimum absolute atomic E-state index is 0.146. The largest absolute Gasteiger partial charge is 0.490 e. The van der Waals surface area contributed by atoms with Crippen molar-refractivity contribution in [3.05, 3.63) is 92.3 Å². The Morgan fingerprint density at radius 3 is 2.42 bits per heavy atom. The Bertz CT molecular complexity index is 1400. The van der Waals surface area contributed by atoms with Crippen LogP contribution in [0, 0.1) is 6.92 Å². The Morgan fingerprint density at radius 2 is 1.79 bits per heavy atom. The summed E-state index contributed by atoms with van der Waals surface area (Å²) in [6.45, 7) is 7.14. The van der Waals surface area contributed by atoms with Gasteiger partial charge in [0.15, 0.2) is 16.7 Å². The Balaban J connectivity index is 1.59. The number of hydrogen-bond acceptors (Lipinski definition) is 6. The third kappa shape index (κ3) is 6.46. The fourth-order valence-corrected chi connectivity index (χ4v) is 5.36. The van der Waals surface area contributed by atoms with E-state index in [0.717, 1.165) is 15.6 Å². The normalized spacial score (nSPS) is 15.4. The van der Waals surface area contributed by atoms with E-state index >= 15 is 0 Å². The first-order chi connectivity index (χ1) is 18.3. The number of amidine groups is 1. The highest BCUT2D eigenvalue weighted by Crippen LogP contribution is 2.40. The van der Waals surface area contributed by atoms with E-state index in [2.05, 4.69) is 20.9 Å². The molecular weight excluding hydrogens is 568 g/mol. The maximum absolute atomic E-state index is 13.1. The van der Waals surface area contributed by atoms with Gasteiger partial charge in [0.2, 0.25) is 0 Å². The summed E-state index contributed by atoms with van der Waals surface area (Å²) in [6, 6.07) is 18.1. The van der Waals surface area contributed by atoms with Crippen molar-refractivity contribution in [3.8, 4) is 11.5 Å². The average Bonchev–Trinajstić information content (AvgIpc) is 3.18. The number of amides is 1. The lowest BCUT2D eigenvalue weighted by Gasteiger charge is -2.15. The van der Waals surface area contributed by atoms with Crippen LogP contribution in [0.5, 0.6) is 11.5 Å². The van der Waals surface area contributed by atoms with E-state index in [-0.39, 0.29) is 11.5 Å². The molecule has 3 aromatic carbocycles. The van der Waals surface area contributed by atoms with Gasteiger partial charge >= 0.3 is 5.97 Å².